The molecule has 22 heavy (non-hydrogen) atoms. The molecule has 0 unspecified atom stereocenters. The minimum absolute atomic E-state index is 0.274. The van der Waals surface area contributed by atoms with Gasteiger partial charge >= 0.3 is 0 Å². The first-order valence-corrected chi connectivity index (χ1v) is 8.83. The van der Waals surface area contributed by atoms with E-state index in [0.717, 1.165) is 0 Å². The monoisotopic (exact) mass is 327 g/mol. The number of rotatable bonds is 3. The Morgan fingerprint density at radius 3 is 2.18 bits per heavy atom. The summed E-state index contributed by atoms with van der Waals surface area (Å²) in [5, 5.41) is 0. The summed E-state index contributed by atoms with van der Waals surface area (Å²) in [5.74, 6) is 0. The van der Waals surface area contributed by atoms with Crippen LogP contribution >= 0.6 is 0 Å². The van der Waals surface area contributed by atoms with Crippen molar-refractivity contribution in [2.24, 2.45) is 0 Å². The van der Waals surface area contributed by atoms with Gasteiger partial charge in [0.05, 0.1) is 32.1 Å². The van der Waals surface area contributed by atoms with E-state index >= 15 is 0 Å². The molecule has 0 saturated carbocycles. The number of hydrogen-bond acceptors (Lipinski definition) is 6. The van der Waals surface area contributed by atoms with Crippen LogP contribution in [0.1, 0.15) is 0 Å². The van der Waals surface area contributed by atoms with Crippen LogP contribution in [0.3, 0.4) is 0 Å². The highest BCUT2D eigenvalue weighted by atomic mass is 32.2. The Kier molecular flexibility index (Phi) is 4.53. The van der Waals surface area contributed by atoms with Crippen LogP contribution in [0.2, 0.25) is 0 Å². The first-order valence-electron chi connectivity index (χ1n) is 7.39. The van der Waals surface area contributed by atoms with Gasteiger partial charge < -0.3 is 20.1 Å². The molecule has 0 atom stereocenters. The van der Waals surface area contributed by atoms with Crippen LogP contribution in [0.25, 0.3) is 0 Å². The predicted molar refractivity (Wildman–Crippen MR) is 83.5 cm³/mol. The van der Waals surface area contributed by atoms with Crippen molar-refractivity contribution in [3.05, 3.63) is 18.2 Å². The number of benzene rings is 1. The van der Waals surface area contributed by atoms with Gasteiger partial charge in [0.1, 0.15) is 4.90 Å². The van der Waals surface area contributed by atoms with Gasteiger partial charge in [0.2, 0.25) is 10.0 Å². The van der Waals surface area contributed by atoms with Crippen molar-refractivity contribution in [3.63, 3.8) is 0 Å². The zero-order valence-corrected chi connectivity index (χ0v) is 13.2. The predicted octanol–water partition coefficient (Wildman–Crippen LogP) is 0.126. The van der Waals surface area contributed by atoms with Gasteiger partial charge in [-0.3, -0.25) is 0 Å². The van der Waals surface area contributed by atoms with Crippen molar-refractivity contribution >= 4 is 21.4 Å². The molecule has 7 nitrogen and oxygen atoms in total. The fraction of sp³-hybridized carbons (Fsp3) is 0.571. The molecule has 2 saturated heterocycles. The summed E-state index contributed by atoms with van der Waals surface area (Å²) >= 11 is 0. The van der Waals surface area contributed by atoms with Crippen LogP contribution in [0.4, 0.5) is 11.4 Å². The average Bonchev–Trinajstić information content (AvgIpc) is 2.56. The second-order valence-corrected chi connectivity index (χ2v) is 7.25. The third kappa shape index (κ3) is 3.05. The van der Waals surface area contributed by atoms with Crippen LogP contribution < -0.4 is 10.6 Å². The van der Waals surface area contributed by atoms with Crippen molar-refractivity contribution in [2.45, 2.75) is 4.90 Å². The molecule has 3 rings (SSSR count). The third-order valence-corrected chi connectivity index (χ3v) is 5.85. The van der Waals surface area contributed by atoms with Gasteiger partial charge in [-0.1, -0.05) is 0 Å². The molecule has 0 radical (unpaired) electrons. The average molecular weight is 327 g/mol. The van der Waals surface area contributed by atoms with Gasteiger partial charge in [0.15, 0.2) is 0 Å². The Bertz CT molecular complexity index is 623. The Morgan fingerprint density at radius 2 is 1.55 bits per heavy atom. The maximum absolute atomic E-state index is 13.0. The largest absolute Gasteiger partial charge is 0.399 e. The van der Waals surface area contributed by atoms with Crippen LogP contribution in [-0.2, 0) is 19.5 Å². The van der Waals surface area contributed by atoms with Crippen molar-refractivity contribution in [1.29, 1.82) is 0 Å². The Morgan fingerprint density at radius 1 is 0.955 bits per heavy atom. The first kappa shape index (κ1) is 15.5. The van der Waals surface area contributed by atoms with Crippen LogP contribution in [-0.4, -0.2) is 65.3 Å². The van der Waals surface area contributed by atoms with Crippen molar-refractivity contribution < 1.29 is 17.9 Å². The van der Waals surface area contributed by atoms with Crippen molar-refractivity contribution in [2.75, 3.05) is 63.2 Å². The molecule has 2 fully saturated rings. The minimum atomic E-state index is -3.57. The van der Waals surface area contributed by atoms with E-state index in [2.05, 4.69) is 0 Å². The molecule has 2 heterocycles. The molecule has 0 bridgehead atoms. The van der Waals surface area contributed by atoms with Crippen LogP contribution in [0.5, 0.6) is 0 Å². The van der Waals surface area contributed by atoms with E-state index in [-0.39, 0.29) is 4.90 Å². The Balaban J connectivity index is 1.98. The molecule has 8 heteroatoms. The lowest BCUT2D eigenvalue weighted by atomic mass is 10.2. The molecular weight excluding hydrogens is 306 g/mol. The number of morpholine rings is 2. The van der Waals surface area contributed by atoms with Gasteiger partial charge in [-0.25, -0.2) is 8.42 Å². The van der Waals surface area contributed by atoms with Gasteiger partial charge in [-0.05, 0) is 18.2 Å². The van der Waals surface area contributed by atoms with Gasteiger partial charge in [0, 0.05) is 31.9 Å². The van der Waals surface area contributed by atoms with Gasteiger partial charge in [-0.2, -0.15) is 4.31 Å². The number of anilines is 2. The molecule has 0 aromatic heterocycles. The zero-order valence-electron chi connectivity index (χ0n) is 12.4. The lowest BCUT2D eigenvalue weighted by molar-refractivity contribution is 0.0730. The standard InChI is InChI=1S/C14H21N3O4S/c15-12-1-2-13(16-3-7-20-8-4-16)14(11-12)22(18,19)17-5-9-21-10-6-17/h1-2,11H,3-10,15H2. The zero-order chi connectivity index (χ0) is 15.6. The number of nitrogens with two attached hydrogens (primary N) is 1. The lowest BCUT2D eigenvalue weighted by Crippen LogP contribution is -2.42. The van der Waals surface area contributed by atoms with E-state index in [1.54, 1.807) is 18.2 Å². The molecule has 0 spiro atoms. The maximum atomic E-state index is 13.0. The first-order chi connectivity index (χ1) is 10.6. The van der Waals surface area contributed by atoms with E-state index in [9.17, 15) is 8.42 Å². The number of sulfonamides is 1. The molecule has 1 aromatic carbocycles. The molecule has 122 valence electrons. The summed E-state index contributed by atoms with van der Waals surface area (Å²) < 4.78 is 38.0. The Labute approximate surface area is 130 Å². The van der Waals surface area contributed by atoms with Gasteiger partial charge in [-0.15, -0.1) is 0 Å². The summed E-state index contributed by atoms with van der Waals surface area (Å²) in [7, 11) is -3.57. The van der Waals surface area contributed by atoms with Crippen molar-refractivity contribution in [1.82, 2.24) is 4.31 Å². The summed E-state index contributed by atoms with van der Waals surface area (Å²) in [4.78, 5) is 2.31. The fourth-order valence-corrected chi connectivity index (χ4v) is 4.38. The van der Waals surface area contributed by atoms with E-state index in [1.165, 1.54) is 4.31 Å². The van der Waals surface area contributed by atoms with Crippen LogP contribution in [0, 0.1) is 0 Å². The molecular formula is C14H21N3O4S. The summed E-state index contributed by atoms with van der Waals surface area (Å²) in [6.07, 6.45) is 0. The molecule has 2 N–H and O–H groups in total. The molecule has 1 aromatic rings. The minimum Gasteiger partial charge on any atom is -0.399 e. The topological polar surface area (TPSA) is 85.1 Å². The Hall–Kier alpha value is -1.35. The number of hydrogen-bond donors (Lipinski definition) is 1. The summed E-state index contributed by atoms with van der Waals surface area (Å²) in [5.41, 5.74) is 6.98. The number of nitrogens with zero attached hydrogens (tertiary/aromatic N) is 2. The third-order valence-electron chi connectivity index (χ3n) is 3.92. The lowest BCUT2D eigenvalue weighted by Gasteiger charge is -2.32. The SMILES string of the molecule is Nc1ccc(N2CCOCC2)c(S(=O)(=O)N2CCOCC2)c1. The maximum Gasteiger partial charge on any atom is 0.245 e. The summed E-state index contributed by atoms with van der Waals surface area (Å²) in [6, 6.07) is 5.08. The highest BCUT2D eigenvalue weighted by Gasteiger charge is 2.30. The van der Waals surface area contributed by atoms with E-state index < -0.39 is 10.0 Å². The van der Waals surface area contributed by atoms with Gasteiger partial charge in [0.25, 0.3) is 0 Å². The summed E-state index contributed by atoms with van der Waals surface area (Å²) in [6.45, 7) is 4.15. The fourth-order valence-electron chi connectivity index (χ4n) is 2.73. The van der Waals surface area contributed by atoms with E-state index in [0.29, 0.717) is 64.0 Å². The van der Waals surface area contributed by atoms with E-state index in [1.807, 2.05) is 4.90 Å². The molecule has 2 aliphatic rings. The smallest absolute Gasteiger partial charge is 0.245 e. The second kappa shape index (κ2) is 6.41. The molecule has 0 amide bonds. The normalized spacial score (nSPS) is 21.0. The molecule has 2 aliphatic heterocycles. The highest BCUT2D eigenvalue weighted by Crippen LogP contribution is 2.30. The second-order valence-electron chi connectivity index (χ2n) is 5.34. The highest BCUT2D eigenvalue weighted by molar-refractivity contribution is 7.89. The van der Waals surface area contributed by atoms with Crippen LogP contribution in [0.15, 0.2) is 23.1 Å². The number of nitrogen functional groups attached to an aromatic ring is 1. The van der Waals surface area contributed by atoms with E-state index in [4.69, 9.17) is 15.2 Å². The molecule has 0 aliphatic carbocycles. The number of ether oxygens (including phenoxy) is 2. The van der Waals surface area contributed by atoms with Crippen molar-refractivity contribution in [3.8, 4) is 0 Å². The quantitative estimate of drug-likeness (QED) is 0.794.